The molecule has 1 saturated heterocycles. The van der Waals surface area contributed by atoms with Gasteiger partial charge < -0.3 is 9.42 Å². The van der Waals surface area contributed by atoms with Crippen LogP contribution in [0.1, 0.15) is 42.8 Å². The van der Waals surface area contributed by atoms with E-state index in [1.807, 2.05) is 13.8 Å². The number of nitrogens with zero attached hydrogens (tertiary/aromatic N) is 2. The van der Waals surface area contributed by atoms with Gasteiger partial charge in [0, 0.05) is 18.5 Å². The van der Waals surface area contributed by atoms with Crippen LogP contribution in [0.3, 0.4) is 0 Å². The Kier molecular flexibility index (Phi) is 2.50. The molecule has 15 heavy (non-hydrogen) atoms. The third kappa shape index (κ3) is 1.64. The lowest BCUT2D eigenvalue weighted by Gasteiger charge is -2.25. The first kappa shape index (κ1) is 10.2. The topological polar surface area (TPSA) is 53.1 Å². The largest absolute Gasteiger partial charge is 0.361 e. The Morgan fingerprint density at radius 3 is 2.67 bits per heavy atom. The second-order valence-corrected chi connectivity index (χ2v) is 4.16. The van der Waals surface area contributed by atoms with Crippen LogP contribution in [-0.2, 0) is 0 Å². The van der Waals surface area contributed by atoms with Crippen LogP contribution in [-0.4, -0.2) is 22.4 Å². The molecule has 2 rings (SSSR count). The molecule has 1 aliphatic heterocycles. The summed E-state index contributed by atoms with van der Waals surface area (Å²) in [5.74, 6) is 1.61. The number of rotatable bonds is 2. The Bertz CT molecular complexity index is 364. The van der Waals surface area contributed by atoms with Crippen LogP contribution in [0.4, 0.5) is 0 Å². The third-order valence-corrected chi connectivity index (χ3v) is 3.13. The molecule has 0 saturated carbocycles. The summed E-state index contributed by atoms with van der Waals surface area (Å²) in [6.07, 6.45) is 1.99. The molecule has 2 heterocycles. The van der Waals surface area contributed by atoms with Gasteiger partial charge in [-0.15, -0.1) is 0 Å². The first-order valence-electron chi connectivity index (χ1n) is 5.38. The molecule has 0 aromatic carbocycles. The number of aryl methyl sites for hydroxylation is 2. The molecule has 1 atom stereocenters. The van der Waals surface area contributed by atoms with E-state index in [1.165, 1.54) is 0 Å². The molecule has 1 aromatic heterocycles. The number of amidine groups is 1. The second kappa shape index (κ2) is 3.68. The minimum absolute atomic E-state index is 0.214. The highest BCUT2D eigenvalue weighted by molar-refractivity contribution is 5.81. The van der Waals surface area contributed by atoms with Gasteiger partial charge in [-0.1, -0.05) is 5.16 Å². The van der Waals surface area contributed by atoms with Crippen molar-refractivity contribution in [2.24, 2.45) is 0 Å². The highest BCUT2D eigenvalue weighted by Gasteiger charge is 2.27. The molecule has 0 aliphatic carbocycles. The van der Waals surface area contributed by atoms with Crippen molar-refractivity contribution in [3.8, 4) is 0 Å². The predicted octanol–water partition coefficient (Wildman–Crippen LogP) is 2.43. The summed E-state index contributed by atoms with van der Waals surface area (Å²) in [4.78, 5) is 2.13. The van der Waals surface area contributed by atoms with E-state index < -0.39 is 0 Å². The standard InChI is InChI=1S/C11H17N3O/c1-7-11(9(3)15-13-7)8(2)14-6-4-5-10(14)12/h8,12H,4-6H2,1-3H3. The summed E-state index contributed by atoms with van der Waals surface area (Å²) >= 11 is 0. The zero-order valence-corrected chi connectivity index (χ0v) is 9.50. The summed E-state index contributed by atoms with van der Waals surface area (Å²) in [6, 6.07) is 0.214. The van der Waals surface area contributed by atoms with Crippen molar-refractivity contribution < 1.29 is 4.52 Å². The maximum atomic E-state index is 7.85. The van der Waals surface area contributed by atoms with Crippen LogP contribution >= 0.6 is 0 Å². The molecule has 1 N–H and O–H groups in total. The van der Waals surface area contributed by atoms with Crippen LogP contribution in [0.2, 0.25) is 0 Å². The van der Waals surface area contributed by atoms with Gasteiger partial charge in [0.25, 0.3) is 0 Å². The lowest BCUT2D eigenvalue weighted by Crippen LogP contribution is -2.28. The van der Waals surface area contributed by atoms with Crippen molar-refractivity contribution in [1.29, 1.82) is 5.41 Å². The quantitative estimate of drug-likeness (QED) is 0.810. The molecule has 0 radical (unpaired) electrons. The maximum absolute atomic E-state index is 7.85. The van der Waals surface area contributed by atoms with E-state index in [2.05, 4.69) is 17.0 Å². The monoisotopic (exact) mass is 207 g/mol. The summed E-state index contributed by atoms with van der Waals surface area (Å²) in [5.41, 5.74) is 2.08. The van der Waals surface area contributed by atoms with Crippen molar-refractivity contribution >= 4 is 5.84 Å². The average molecular weight is 207 g/mol. The lowest BCUT2D eigenvalue weighted by molar-refractivity contribution is 0.351. The summed E-state index contributed by atoms with van der Waals surface area (Å²) < 4.78 is 5.16. The lowest BCUT2D eigenvalue weighted by atomic mass is 10.1. The smallest absolute Gasteiger partial charge is 0.139 e. The number of nitrogens with one attached hydrogen (secondary N) is 1. The average Bonchev–Trinajstić information content (AvgIpc) is 2.73. The molecule has 1 fully saturated rings. The van der Waals surface area contributed by atoms with Crippen molar-refractivity contribution in [3.05, 3.63) is 17.0 Å². The molecule has 0 spiro atoms. The van der Waals surface area contributed by atoms with E-state index >= 15 is 0 Å². The summed E-state index contributed by atoms with van der Waals surface area (Å²) in [6.45, 7) is 6.99. The Morgan fingerprint density at radius 2 is 2.20 bits per heavy atom. The molecule has 4 nitrogen and oxygen atoms in total. The Labute approximate surface area is 89.8 Å². The number of hydrogen-bond acceptors (Lipinski definition) is 3. The van der Waals surface area contributed by atoms with E-state index in [4.69, 9.17) is 9.93 Å². The van der Waals surface area contributed by atoms with Crippen molar-refractivity contribution in [2.75, 3.05) is 6.54 Å². The van der Waals surface area contributed by atoms with Crippen LogP contribution in [0.15, 0.2) is 4.52 Å². The van der Waals surface area contributed by atoms with E-state index in [9.17, 15) is 0 Å². The first-order chi connectivity index (χ1) is 7.11. The van der Waals surface area contributed by atoms with Crippen molar-refractivity contribution in [3.63, 3.8) is 0 Å². The molecule has 4 heteroatoms. The van der Waals surface area contributed by atoms with Crippen LogP contribution in [0.5, 0.6) is 0 Å². The fourth-order valence-corrected chi connectivity index (χ4v) is 2.37. The minimum atomic E-state index is 0.214. The zero-order valence-electron chi connectivity index (χ0n) is 9.50. The van der Waals surface area contributed by atoms with Gasteiger partial charge >= 0.3 is 0 Å². The van der Waals surface area contributed by atoms with E-state index in [1.54, 1.807) is 0 Å². The molecular formula is C11H17N3O. The van der Waals surface area contributed by atoms with Crippen LogP contribution < -0.4 is 0 Å². The molecular weight excluding hydrogens is 190 g/mol. The van der Waals surface area contributed by atoms with E-state index in [0.717, 1.165) is 42.2 Å². The van der Waals surface area contributed by atoms with Gasteiger partial charge in [0.1, 0.15) is 5.76 Å². The van der Waals surface area contributed by atoms with Gasteiger partial charge in [-0.2, -0.15) is 0 Å². The fraction of sp³-hybridized carbons (Fsp3) is 0.636. The van der Waals surface area contributed by atoms with Gasteiger partial charge in [0.05, 0.1) is 17.6 Å². The summed E-state index contributed by atoms with van der Waals surface area (Å²) in [5, 5.41) is 11.8. The Hall–Kier alpha value is -1.32. The minimum Gasteiger partial charge on any atom is -0.361 e. The van der Waals surface area contributed by atoms with Crippen molar-refractivity contribution in [1.82, 2.24) is 10.1 Å². The van der Waals surface area contributed by atoms with Gasteiger partial charge in [-0.25, -0.2) is 0 Å². The molecule has 1 aliphatic rings. The number of aromatic nitrogens is 1. The van der Waals surface area contributed by atoms with Gasteiger partial charge in [0.15, 0.2) is 0 Å². The van der Waals surface area contributed by atoms with Crippen LogP contribution in [0.25, 0.3) is 0 Å². The Balaban J connectivity index is 2.27. The normalized spacial score (nSPS) is 18.6. The molecule has 1 aromatic rings. The molecule has 1 unspecified atom stereocenters. The fourth-order valence-electron chi connectivity index (χ4n) is 2.37. The zero-order chi connectivity index (χ0) is 11.0. The molecule has 0 amide bonds. The van der Waals surface area contributed by atoms with Crippen LogP contribution in [0, 0.1) is 19.3 Å². The maximum Gasteiger partial charge on any atom is 0.139 e. The highest BCUT2D eigenvalue weighted by Crippen LogP contribution is 2.29. The predicted molar refractivity (Wildman–Crippen MR) is 58.1 cm³/mol. The van der Waals surface area contributed by atoms with Crippen molar-refractivity contribution in [2.45, 2.75) is 39.7 Å². The van der Waals surface area contributed by atoms with E-state index in [-0.39, 0.29) is 6.04 Å². The second-order valence-electron chi connectivity index (χ2n) is 4.16. The number of hydrogen-bond donors (Lipinski definition) is 1. The van der Waals surface area contributed by atoms with Gasteiger partial charge in [0.2, 0.25) is 0 Å². The SMILES string of the molecule is Cc1noc(C)c1C(C)N1CCCC1=N. The number of likely N-dealkylation sites (tertiary alicyclic amines) is 1. The highest BCUT2D eigenvalue weighted by atomic mass is 16.5. The van der Waals surface area contributed by atoms with Gasteiger partial charge in [-0.05, 0) is 27.2 Å². The Morgan fingerprint density at radius 1 is 1.47 bits per heavy atom. The summed E-state index contributed by atoms with van der Waals surface area (Å²) in [7, 11) is 0. The third-order valence-electron chi connectivity index (χ3n) is 3.13. The van der Waals surface area contributed by atoms with Gasteiger partial charge in [-0.3, -0.25) is 5.41 Å². The molecule has 82 valence electrons. The van der Waals surface area contributed by atoms with E-state index in [0.29, 0.717) is 0 Å². The molecule has 0 bridgehead atoms. The first-order valence-corrected chi connectivity index (χ1v) is 5.38.